The van der Waals surface area contributed by atoms with Crippen LogP contribution in [0.1, 0.15) is 30.9 Å². The molecule has 0 saturated carbocycles. The van der Waals surface area contributed by atoms with Crippen LogP contribution in [0.2, 0.25) is 0 Å². The van der Waals surface area contributed by atoms with Crippen molar-refractivity contribution in [2.24, 2.45) is 16.6 Å². The summed E-state index contributed by atoms with van der Waals surface area (Å²) in [4.78, 5) is 15.6. The molecule has 3 heterocycles. The molecule has 142 valence electrons. The third-order valence-corrected chi connectivity index (χ3v) is 5.15. The standard InChI is InChI=1S/C20H26N6O/c21-19(25-17-8-12-27-18-7-2-1-6-16(17)18)24-13-15-5-3-11-26(14-15)20-22-9-4-10-23-20/h1-2,4,6-7,9-10,15,17H,3,5,8,11-14H2,(H3,21,24,25). The fourth-order valence-corrected chi connectivity index (χ4v) is 3.79. The average molecular weight is 366 g/mol. The van der Waals surface area contributed by atoms with Gasteiger partial charge in [0.1, 0.15) is 5.75 Å². The van der Waals surface area contributed by atoms with Crippen LogP contribution < -0.4 is 20.7 Å². The smallest absolute Gasteiger partial charge is 0.225 e. The number of aromatic nitrogens is 2. The second-order valence-corrected chi connectivity index (χ2v) is 7.10. The molecule has 7 nitrogen and oxygen atoms in total. The second kappa shape index (κ2) is 8.24. The van der Waals surface area contributed by atoms with Crippen molar-refractivity contribution in [3.8, 4) is 5.75 Å². The van der Waals surface area contributed by atoms with Gasteiger partial charge in [0, 0.05) is 44.0 Å². The van der Waals surface area contributed by atoms with Crippen LogP contribution in [-0.4, -0.2) is 42.2 Å². The normalized spacial score (nSPS) is 22.7. The van der Waals surface area contributed by atoms with Crippen molar-refractivity contribution in [3.05, 3.63) is 48.3 Å². The topological polar surface area (TPSA) is 88.7 Å². The number of benzene rings is 1. The van der Waals surface area contributed by atoms with E-state index < -0.39 is 0 Å². The molecule has 7 heteroatoms. The molecular formula is C20H26N6O. The van der Waals surface area contributed by atoms with Gasteiger partial charge < -0.3 is 20.7 Å². The minimum absolute atomic E-state index is 0.152. The second-order valence-electron chi connectivity index (χ2n) is 7.10. The van der Waals surface area contributed by atoms with E-state index in [1.54, 1.807) is 12.4 Å². The number of anilines is 1. The summed E-state index contributed by atoms with van der Waals surface area (Å²) in [5.41, 5.74) is 7.33. The molecule has 0 bridgehead atoms. The van der Waals surface area contributed by atoms with E-state index in [9.17, 15) is 0 Å². The van der Waals surface area contributed by atoms with Gasteiger partial charge in [-0.25, -0.2) is 9.97 Å². The van der Waals surface area contributed by atoms with Crippen molar-refractivity contribution in [1.82, 2.24) is 15.3 Å². The molecule has 2 aliphatic rings. The first-order valence-electron chi connectivity index (χ1n) is 9.60. The molecule has 3 N–H and O–H groups in total. The number of aliphatic imine (C=N–C) groups is 1. The molecule has 27 heavy (non-hydrogen) atoms. The number of hydrogen-bond acceptors (Lipinski definition) is 5. The van der Waals surface area contributed by atoms with E-state index in [-0.39, 0.29) is 6.04 Å². The number of piperidine rings is 1. The van der Waals surface area contributed by atoms with Gasteiger partial charge >= 0.3 is 0 Å². The lowest BCUT2D eigenvalue weighted by Gasteiger charge is -2.32. The van der Waals surface area contributed by atoms with E-state index in [2.05, 4.69) is 31.2 Å². The van der Waals surface area contributed by atoms with Gasteiger partial charge in [-0.05, 0) is 30.9 Å². The lowest BCUT2D eigenvalue weighted by molar-refractivity contribution is 0.262. The van der Waals surface area contributed by atoms with Crippen LogP contribution >= 0.6 is 0 Å². The largest absolute Gasteiger partial charge is 0.493 e. The molecule has 4 rings (SSSR count). The highest BCUT2D eigenvalue weighted by molar-refractivity contribution is 5.78. The SMILES string of the molecule is NC(=NCC1CCCN(c2ncccn2)C1)NC1CCOc2ccccc21. The van der Waals surface area contributed by atoms with Crippen LogP contribution in [-0.2, 0) is 0 Å². The number of ether oxygens (including phenoxy) is 1. The molecule has 2 aliphatic heterocycles. The summed E-state index contributed by atoms with van der Waals surface area (Å²) in [6, 6.07) is 10.1. The first kappa shape index (κ1) is 17.6. The van der Waals surface area contributed by atoms with E-state index in [1.807, 2.05) is 24.3 Å². The fraction of sp³-hybridized carbons (Fsp3) is 0.450. The third-order valence-electron chi connectivity index (χ3n) is 5.15. The van der Waals surface area contributed by atoms with E-state index in [1.165, 1.54) is 0 Å². The van der Waals surface area contributed by atoms with E-state index >= 15 is 0 Å². The number of fused-ring (bicyclic) bond motifs is 1. The van der Waals surface area contributed by atoms with Gasteiger partial charge in [0.15, 0.2) is 5.96 Å². The first-order valence-corrected chi connectivity index (χ1v) is 9.60. The van der Waals surface area contributed by atoms with Gasteiger partial charge in [0.25, 0.3) is 0 Å². The quantitative estimate of drug-likeness (QED) is 0.636. The first-order chi connectivity index (χ1) is 13.3. The Labute approximate surface area is 159 Å². The number of hydrogen-bond donors (Lipinski definition) is 2. The van der Waals surface area contributed by atoms with Gasteiger partial charge in [-0.3, -0.25) is 4.99 Å². The average Bonchev–Trinajstić information content (AvgIpc) is 2.73. The van der Waals surface area contributed by atoms with E-state index in [0.717, 1.165) is 49.6 Å². The zero-order chi connectivity index (χ0) is 18.5. The van der Waals surface area contributed by atoms with Crippen LogP contribution in [0.4, 0.5) is 5.95 Å². The monoisotopic (exact) mass is 366 g/mol. The summed E-state index contributed by atoms with van der Waals surface area (Å²) >= 11 is 0. The van der Waals surface area contributed by atoms with Crippen molar-refractivity contribution < 1.29 is 4.74 Å². The Morgan fingerprint density at radius 2 is 2.07 bits per heavy atom. The molecule has 1 saturated heterocycles. The van der Waals surface area contributed by atoms with Crippen LogP contribution in [0.5, 0.6) is 5.75 Å². The summed E-state index contributed by atoms with van der Waals surface area (Å²) in [5, 5.41) is 3.37. The molecule has 0 aliphatic carbocycles. The van der Waals surface area contributed by atoms with Crippen molar-refractivity contribution in [3.63, 3.8) is 0 Å². The van der Waals surface area contributed by atoms with Crippen molar-refractivity contribution >= 4 is 11.9 Å². The van der Waals surface area contributed by atoms with Crippen LogP contribution in [0.15, 0.2) is 47.7 Å². The van der Waals surface area contributed by atoms with Crippen molar-refractivity contribution in [1.29, 1.82) is 0 Å². The summed E-state index contributed by atoms with van der Waals surface area (Å²) in [7, 11) is 0. The van der Waals surface area contributed by atoms with E-state index in [4.69, 9.17) is 10.5 Å². The predicted molar refractivity (Wildman–Crippen MR) is 106 cm³/mol. The Bertz CT molecular complexity index is 781. The molecule has 2 unspecified atom stereocenters. The molecule has 1 aromatic heterocycles. The number of nitrogens with two attached hydrogens (primary N) is 1. The summed E-state index contributed by atoms with van der Waals surface area (Å²) in [6.45, 7) is 3.32. The highest BCUT2D eigenvalue weighted by Crippen LogP contribution is 2.31. The maximum absolute atomic E-state index is 6.18. The lowest BCUT2D eigenvalue weighted by atomic mass is 9.98. The van der Waals surface area contributed by atoms with Crippen LogP contribution in [0, 0.1) is 5.92 Å². The molecule has 1 aromatic carbocycles. The van der Waals surface area contributed by atoms with Crippen molar-refractivity contribution in [2.75, 3.05) is 31.1 Å². The number of nitrogens with zero attached hydrogens (tertiary/aromatic N) is 4. The number of guanidine groups is 1. The molecule has 2 atom stereocenters. The Kier molecular flexibility index (Phi) is 5.37. The maximum Gasteiger partial charge on any atom is 0.225 e. The van der Waals surface area contributed by atoms with Gasteiger partial charge in [0.2, 0.25) is 5.95 Å². The molecule has 1 fully saturated rings. The summed E-state index contributed by atoms with van der Waals surface area (Å²) in [6.07, 6.45) is 6.74. The van der Waals surface area contributed by atoms with Gasteiger partial charge in [-0.2, -0.15) is 0 Å². The minimum Gasteiger partial charge on any atom is -0.493 e. The summed E-state index contributed by atoms with van der Waals surface area (Å²) in [5.74, 6) is 2.70. The molecule has 0 radical (unpaired) electrons. The number of rotatable bonds is 4. The lowest BCUT2D eigenvalue weighted by Crippen LogP contribution is -2.40. The van der Waals surface area contributed by atoms with Crippen molar-refractivity contribution in [2.45, 2.75) is 25.3 Å². The Morgan fingerprint density at radius 3 is 2.96 bits per heavy atom. The molecule has 0 spiro atoms. The predicted octanol–water partition coefficient (Wildman–Crippen LogP) is 2.12. The van der Waals surface area contributed by atoms with Crippen LogP contribution in [0.3, 0.4) is 0 Å². The molecular weight excluding hydrogens is 340 g/mol. The Balaban J connectivity index is 1.34. The highest BCUT2D eigenvalue weighted by Gasteiger charge is 2.23. The number of nitrogens with one attached hydrogen (secondary N) is 1. The minimum atomic E-state index is 0.152. The Hall–Kier alpha value is -2.83. The van der Waals surface area contributed by atoms with Gasteiger partial charge in [-0.15, -0.1) is 0 Å². The summed E-state index contributed by atoms with van der Waals surface area (Å²) < 4.78 is 5.71. The maximum atomic E-state index is 6.18. The number of para-hydroxylation sites is 1. The molecule has 0 amide bonds. The zero-order valence-corrected chi connectivity index (χ0v) is 15.4. The zero-order valence-electron chi connectivity index (χ0n) is 15.4. The fourth-order valence-electron chi connectivity index (χ4n) is 3.79. The van der Waals surface area contributed by atoms with Gasteiger partial charge in [-0.1, -0.05) is 18.2 Å². The highest BCUT2D eigenvalue weighted by atomic mass is 16.5. The third kappa shape index (κ3) is 4.30. The van der Waals surface area contributed by atoms with Crippen LogP contribution in [0.25, 0.3) is 0 Å². The molecule has 2 aromatic rings. The van der Waals surface area contributed by atoms with E-state index in [0.29, 0.717) is 25.0 Å². The Morgan fingerprint density at radius 1 is 1.22 bits per heavy atom. The van der Waals surface area contributed by atoms with Gasteiger partial charge in [0.05, 0.1) is 12.6 Å².